The minimum absolute atomic E-state index is 0.496. The Balaban J connectivity index is 1.51. The van der Waals surface area contributed by atoms with Crippen molar-refractivity contribution in [2.45, 2.75) is 50.4 Å². The first-order chi connectivity index (χ1) is 11.2. The Morgan fingerprint density at radius 2 is 1.65 bits per heavy atom. The molecule has 2 heterocycles. The van der Waals surface area contributed by atoms with Gasteiger partial charge in [0.25, 0.3) is 0 Å². The van der Waals surface area contributed by atoms with Crippen LogP contribution in [0.4, 0.5) is 0 Å². The maximum Gasteiger partial charge on any atom is 0.214 e. The summed E-state index contributed by atoms with van der Waals surface area (Å²) in [6.07, 6.45) is 10.1. The van der Waals surface area contributed by atoms with Crippen LogP contribution in [0, 0.1) is 17.8 Å². The number of nitrogens with zero attached hydrogens (tertiary/aromatic N) is 2. The maximum absolute atomic E-state index is 2.56. The van der Waals surface area contributed by atoms with Crippen molar-refractivity contribution in [2.75, 3.05) is 0 Å². The molecule has 4 fully saturated rings. The van der Waals surface area contributed by atoms with Crippen LogP contribution in [0.15, 0.2) is 30.3 Å². The van der Waals surface area contributed by atoms with E-state index in [4.69, 9.17) is 0 Å². The Hall–Kier alpha value is -1.57. The van der Waals surface area contributed by atoms with Gasteiger partial charge in [-0.25, -0.2) is 0 Å². The van der Waals surface area contributed by atoms with Gasteiger partial charge in [-0.2, -0.15) is 0 Å². The van der Waals surface area contributed by atoms with Gasteiger partial charge >= 0.3 is 0 Å². The molecule has 0 atom stereocenters. The zero-order valence-electron chi connectivity index (χ0n) is 14.0. The topological polar surface area (TPSA) is 8.81 Å². The molecule has 0 amide bonds. The Kier molecular flexibility index (Phi) is 2.28. The third-order valence-corrected chi connectivity index (χ3v) is 7.40. The fourth-order valence-electron chi connectivity index (χ4n) is 7.04. The van der Waals surface area contributed by atoms with Crippen molar-refractivity contribution in [3.8, 4) is 5.69 Å². The van der Waals surface area contributed by atoms with Gasteiger partial charge in [-0.3, -0.25) is 0 Å². The van der Waals surface area contributed by atoms with Gasteiger partial charge in [0, 0.05) is 12.5 Å². The number of fused-ring (bicyclic) bond motifs is 3. The lowest BCUT2D eigenvalue weighted by molar-refractivity contribution is -0.754. The van der Waals surface area contributed by atoms with Crippen LogP contribution >= 0.6 is 0 Å². The number of hydrogen-bond donors (Lipinski definition) is 0. The normalized spacial score (nSPS) is 36.3. The Morgan fingerprint density at radius 1 is 1.00 bits per heavy atom. The lowest BCUT2D eigenvalue weighted by atomic mass is 9.49. The minimum Gasteiger partial charge on any atom is -0.125 e. The molecular formula is C21H25N2+. The highest BCUT2D eigenvalue weighted by Gasteiger charge is 2.56. The lowest BCUT2D eigenvalue weighted by Crippen LogP contribution is -2.55. The molecule has 7 rings (SSSR count). The number of benzene rings is 1. The van der Waals surface area contributed by atoms with Crippen LogP contribution in [0.5, 0.6) is 0 Å². The standard InChI is InChI=1S/C21H25N2/c1-22-20(10-18-9-17-4-2-3-5-19(17)23(18)22)21-11-14-6-15(12-21)8-16(7-14)13-21/h2-5,10,14-16H,6-9,11-13H2,1H3/q+1. The van der Waals surface area contributed by atoms with Crippen molar-refractivity contribution >= 4 is 0 Å². The first-order valence-electron chi connectivity index (χ1n) is 9.41. The molecule has 5 aliphatic rings. The summed E-state index contributed by atoms with van der Waals surface area (Å²) >= 11 is 0. The summed E-state index contributed by atoms with van der Waals surface area (Å²) in [4.78, 5) is 0. The smallest absolute Gasteiger partial charge is 0.125 e. The predicted molar refractivity (Wildman–Crippen MR) is 89.6 cm³/mol. The Bertz CT molecular complexity index is 778. The monoisotopic (exact) mass is 305 g/mol. The number of hydrogen-bond acceptors (Lipinski definition) is 0. The molecule has 1 aromatic carbocycles. The molecule has 0 saturated heterocycles. The average Bonchev–Trinajstić information content (AvgIpc) is 3.03. The van der Waals surface area contributed by atoms with Gasteiger partial charge in [0.2, 0.25) is 5.69 Å². The van der Waals surface area contributed by atoms with E-state index in [1.165, 1.54) is 55.5 Å². The van der Waals surface area contributed by atoms with Crippen LogP contribution in [0.1, 0.15) is 55.5 Å². The van der Waals surface area contributed by atoms with E-state index in [0.29, 0.717) is 5.41 Å². The van der Waals surface area contributed by atoms with Crippen molar-refractivity contribution in [3.63, 3.8) is 0 Å². The van der Waals surface area contributed by atoms with Crippen LogP contribution in [-0.2, 0) is 18.9 Å². The Morgan fingerprint density at radius 3 is 2.35 bits per heavy atom. The lowest BCUT2D eigenvalue weighted by Gasteiger charge is -2.54. The van der Waals surface area contributed by atoms with Crippen molar-refractivity contribution in [2.24, 2.45) is 24.8 Å². The average molecular weight is 305 g/mol. The van der Waals surface area contributed by atoms with Crippen LogP contribution in [-0.4, -0.2) is 4.68 Å². The van der Waals surface area contributed by atoms with Crippen LogP contribution < -0.4 is 4.68 Å². The first kappa shape index (κ1) is 12.8. The van der Waals surface area contributed by atoms with Crippen molar-refractivity contribution in [1.29, 1.82) is 0 Å². The van der Waals surface area contributed by atoms with Gasteiger partial charge in [-0.15, -0.1) is 9.36 Å². The molecule has 2 heteroatoms. The van der Waals surface area contributed by atoms with E-state index in [0.717, 1.165) is 24.2 Å². The van der Waals surface area contributed by atoms with Crippen LogP contribution in [0.3, 0.4) is 0 Å². The summed E-state index contributed by atoms with van der Waals surface area (Å²) in [5.41, 5.74) is 6.52. The highest BCUT2D eigenvalue weighted by molar-refractivity contribution is 5.48. The quantitative estimate of drug-likeness (QED) is 0.607. The van der Waals surface area contributed by atoms with Crippen molar-refractivity contribution in [1.82, 2.24) is 4.68 Å². The number of aromatic nitrogens is 2. The van der Waals surface area contributed by atoms with E-state index in [9.17, 15) is 0 Å². The van der Waals surface area contributed by atoms with Gasteiger partial charge in [0.05, 0.1) is 11.1 Å². The molecule has 2 aromatic rings. The molecule has 0 unspecified atom stereocenters. The maximum atomic E-state index is 2.56. The van der Waals surface area contributed by atoms with Crippen molar-refractivity contribution < 1.29 is 4.68 Å². The minimum atomic E-state index is 0.496. The summed E-state index contributed by atoms with van der Waals surface area (Å²) < 4.78 is 5.00. The molecule has 0 spiro atoms. The second kappa shape index (κ2) is 4.09. The van der Waals surface area contributed by atoms with Crippen LogP contribution in [0.2, 0.25) is 0 Å². The molecule has 0 N–H and O–H groups in total. The molecule has 4 bridgehead atoms. The summed E-state index contributed by atoms with van der Waals surface area (Å²) in [6.45, 7) is 0. The summed E-state index contributed by atoms with van der Waals surface area (Å²) in [6, 6.07) is 11.5. The van der Waals surface area contributed by atoms with Gasteiger partial charge < -0.3 is 0 Å². The molecule has 1 aliphatic heterocycles. The van der Waals surface area contributed by atoms with Gasteiger partial charge in [-0.1, -0.05) is 18.2 Å². The van der Waals surface area contributed by atoms with Gasteiger partial charge in [-0.05, 0) is 67.9 Å². The second-order valence-corrected chi connectivity index (χ2v) is 8.86. The Labute approximate surface area is 138 Å². The fraction of sp³-hybridized carbons (Fsp3) is 0.571. The van der Waals surface area contributed by atoms with Crippen molar-refractivity contribution in [3.05, 3.63) is 47.3 Å². The number of para-hydroxylation sites is 1. The highest BCUT2D eigenvalue weighted by atomic mass is 15.4. The highest BCUT2D eigenvalue weighted by Crippen LogP contribution is 2.60. The largest absolute Gasteiger partial charge is 0.214 e. The molecule has 0 radical (unpaired) electrons. The zero-order valence-corrected chi connectivity index (χ0v) is 14.0. The summed E-state index contributed by atoms with van der Waals surface area (Å²) in [5.74, 6) is 3.05. The van der Waals surface area contributed by atoms with E-state index in [1.54, 1.807) is 5.69 Å². The molecule has 4 saturated carbocycles. The fourth-order valence-corrected chi connectivity index (χ4v) is 7.04. The number of rotatable bonds is 1. The molecule has 2 nitrogen and oxygen atoms in total. The first-order valence-corrected chi connectivity index (χ1v) is 9.41. The van der Waals surface area contributed by atoms with E-state index < -0.39 is 0 Å². The zero-order chi connectivity index (χ0) is 15.2. The third-order valence-electron chi connectivity index (χ3n) is 7.40. The summed E-state index contributed by atoms with van der Waals surface area (Å²) in [7, 11) is 2.31. The molecule has 1 aromatic heterocycles. The van der Waals surface area contributed by atoms with E-state index in [1.807, 2.05) is 0 Å². The molecule has 23 heavy (non-hydrogen) atoms. The van der Waals surface area contributed by atoms with E-state index in [-0.39, 0.29) is 0 Å². The summed E-state index contributed by atoms with van der Waals surface area (Å²) in [5, 5.41) is 0. The van der Waals surface area contributed by atoms with Gasteiger partial charge in [0.1, 0.15) is 5.69 Å². The van der Waals surface area contributed by atoms with E-state index in [2.05, 4.69) is 46.7 Å². The van der Waals surface area contributed by atoms with E-state index >= 15 is 0 Å². The predicted octanol–water partition coefficient (Wildman–Crippen LogP) is 3.67. The molecule has 118 valence electrons. The second-order valence-electron chi connectivity index (χ2n) is 8.86. The van der Waals surface area contributed by atoms with Gasteiger partial charge in [0.15, 0.2) is 7.05 Å². The molecular weight excluding hydrogens is 280 g/mol. The SMILES string of the molecule is C[n+]1c(C23CC4CC(CC(C4)C2)C3)cc2n1-c1ccccc1C2. The van der Waals surface area contributed by atoms with Crippen LogP contribution in [0.25, 0.3) is 5.69 Å². The third kappa shape index (κ3) is 1.57. The molecule has 4 aliphatic carbocycles.